The summed E-state index contributed by atoms with van der Waals surface area (Å²) in [6.07, 6.45) is 1.33. The van der Waals surface area contributed by atoms with Crippen LogP contribution in [0.4, 0.5) is 5.82 Å². The molecule has 2 aromatic heterocycles. The van der Waals surface area contributed by atoms with Gasteiger partial charge in [0.15, 0.2) is 4.54 Å². The van der Waals surface area contributed by atoms with E-state index in [9.17, 15) is 4.91 Å². The average molecular weight is 207 g/mol. The quantitative estimate of drug-likeness (QED) is 0.628. The van der Waals surface area contributed by atoms with Gasteiger partial charge in [-0.05, 0) is 13.8 Å². The third-order valence-electron chi connectivity index (χ3n) is 1.86. The predicted molar refractivity (Wildman–Crippen MR) is 53.0 cm³/mol. The highest BCUT2D eigenvalue weighted by atomic mass is 16.3. The number of nitrogens with zero attached hydrogens (tertiary/aromatic N) is 4. The molecule has 7 heteroatoms. The number of anilines is 1. The highest BCUT2D eigenvalue weighted by Crippen LogP contribution is 2.08. The molecule has 3 N–H and O–H groups in total. The second-order valence-corrected chi connectivity index (χ2v) is 3.27. The monoisotopic (exact) mass is 207 g/mol. The van der Waals surface area contributed by atoms with Crippen molar-refractivity contribution in [1.82, 2.24) is 19.9 Å². The van der Waals surface area contributed by atoms with Gasteiger partial charge in [-0.2, -0.15) is 9.78 Å². The molecule has 0 radical (unpaired) electrons. The number of nitrogens with one attached hydrogen (secondary N) is 1. The maximum absolute atomic E-state index is 11.1. The summed E-state index contributed by atoms with van der Waals surface area (Å²) in [6, 6.07) is 1.70. The van der Waals surface area contributed by atoms with Gasteiger partial charge in [-0.25, -0.2) is 4.98 Å². The second kappa shape index (κ2) is 3.19. The Morgan fingerprint density at radius 1 is 1.47 bits per heavy atom. The van der Waals surface area contributed by atoms with Crippen LogP contribution >= 0.6 is 0 Å². The Morgan fingerprint density at radius 2 is 2.20 bits per heavy atom. The van der Waals surface area contributed by atoms with Gasteiger partial charge < -0.3 is 5.73 Å². The number of rotatable bonds is 1. The average Bonchev–Trinajstić information content (AvgIpc) is 2.43. The lowest BCUT2D eigenvalue weighted by atomic mass is 10.5. The number of aryl methyl sites for hydroxylation is 2. The Morgan fingerprint density at radius 3 is 2.73 bits per heavy atom. The maximum atomic E-state index is 11.1. The van der Waals surface area contributed by atoms with E-state index >= 15 is 0 Å². The van der Waals surface area contributed by atoms with Crippen molar-refractivity contribution in [2.24, 2.45) is 0 Å². The van der Waals surface area contributed by atoms with Gasteiger partial charge in [0.2, 0.25) is 0 Å². The van der Waals surface area contributed by atoms with Crippen molar-refractivity contribution in [3.63, 3.8) is 0 Å². The van der Waals surface area contributed by atoms with Crippen LogP contribution in [0.15, 0.2) is 12.3 Å². The van der Waals surface area contributed by atoms with E-state index in [1.54, 1.807) is 13.0 Å². The summed E-state index contributed by atoms with van der Waals surface area (Å²) < 4.78 is 1.95. The SMILES string of the molecule is Cc1c[n+](=O)[nH]c(-n2nc(C)cc2N)n1. The minimum Gasteiger partial charge on any atom is -0.383 e. The lowest BCUT2D eigenvalue weighted by Crippen LogP contribution is -2.24. The van der Waals surface area contributed by atoms with Crippen LogP contribution in [-0.2, 0) is 0 Å². The molecule has 0 saturated heterocycles. The Kier molecular flexibility index (Phi) is 2.00. The number of aromatic amines is 1. The van der Waals surface area contributed by atoms with E-state index in [2.05, 4.69) is 15.2 Å². The van der Waals surface area contributed by atoms with Crippen molar-refractivity contribution < 1.29 is 4.54 Å². The lowest BCUT2D eigenvalue weighted by molar-refractivity contribution is -0.565. The summed E-state index contributed by atoms with van der Waals surface area (Å²) in [5.41, 5.74) is 7.06. The van der Waals surface area contributed by atoms with Crippen LogP contribution in [0.25, 0.3) is 5.95 Å². The molecule has 2 heterocycles. The van der Waals surface area contributed by atoms with Crippen LogP contribution in [0.1, 0.15) is 11.4 Å². The number of nitrogens with two attached hydrogens (primary N) is 1. The topological polar surface area (TPSA) is 95.5 Å². The first-order valence-electron chi connectivity index (χ1n) is 4.39. The smallest absolute Gasteiger partial charge is 0.287 e. The van der Waals surface area contributed by atoms with E-state index in [1.807, 2.05) is 6.92 Å². The fraction of sp³-hybridized carbons (Fsp3) is 0.250. The molecule has 2 aromatic rings. The first-order chi connectivity index (χ1) is 7.06. The van der Waals surface area contributed by atoms with Gasteiger partial charge >= 0.3 is 0 Å². The zero-order chi connectivity index (χ0) is 11.0. The van der Waals surface area contributed by atoms with Crippen LogP contribution in [0.5, 0.6) is 0 Å². The summed E-state index contributed by atoms with van der Waals surface area (Å²) in [5, 5.41) is 6.60. The predicted octanol–water partition coefficient (Wildman–Crippen LogP) is -0.291. The molecule has 78 valence electrons. The molecule has 0 spiro atoms. The van der Waals surface area contributed by atoms with Crippen molar-refractivity contribution in [2.45, 2.75) is 13.8 Å². The summed E-state index contributed by atoms with van der Waals surface area (Å²) in [7, 11) is 0. The fourth-order valence-corrected chi connectivity index (χ4v) is 1.31. The molecule has 2 rings (SSSR count). The van der Waals surface area contributed by atoms with Crippen LogP contribution in [0, 0.1) is 18.8 Å². The highest BCUT2D eigenvalue weighted by molar-refractivity contribution is 5.35. The Hall–Kier alpha value is -2.18. The zero-order valence-electron chi connectivity index (χ0n) is 8.43. The maximum Gasteiger partial charge on any atom is 0.287 e. The van der Waals surface area contributed by atoms with Crippen LogP contribution in [-0.4, -0.2) is 19.9 Å². The molecular weight excluding hydrogens is 196 g/mol. The van der Waals surface area contributed by atoms with Crippen molar-refractivity contribution in [2.75, 3.05) is 5.73 Å². The van der Waals surface area contributed by atoms with Crippen LogP contribution < -0.4 is 10.3 Å². The third-order valence-corrected chi connectivity index (χ3v) is 1.86. The molecule has 0 aliphatic rings. The number of hydrogen-bond acceptors (Lipinski definition) is 4. The molecule has 0 saturated carbocycles. The first kappa shape index (κ1) is 9.38. The Labute approximate surface area is 85.1 Å². The van der Waals surface area contributed by atoms with Gasteiger partial charge in [0.1, 0.15) is 11.5 Å². The van der Waals surface area contributed by atoms with Crippen LogP contribution in [0.2, 0.25) is 0 Å². The first-order valence-corrected chi connectivity index (χ1v) is 4.39. The highest BCUT2D eigenvalue weighted by Gasteiger charge is 2.10. The number of nitrogen functional groups attached to an aromatic ring is 1. The minimum absolute atomic E-state index is 0.301. The molecule has 0 unspecified atom stereocenters. The molecule has 15 heavy (non-hydrogen) atoms. The van der Waals surface area contributed by atoms with Crippen molar-refractivity contribution in [3.8, 4) is 5.95 Å². The normalized spacial score (nSPS) is 10.5. The van der Waals surface area contributed by atoms with Crippen molar-refractivity contribution in [3.05, 3.63) is 28.6 Å². The molecule has 0 aromatic carbocycles. The summed E-state index contributed by atoms with van der Waals surface area (Å²) >= 11 is 0. The van der Waals surface area contributed by atoms with Gasteiger partial charge in [-0.15, -0.1) is 0 Å². The summed E-state index contributed by atoms with van der Waals surface area (Å²) in [5.74, 6) is 0.734. The lowest BCUT2D eigenvalue weighted by Gasteiger charge is -1.98. The molecule has 0 atom stereocenters. The van der Waals surface area contributed by atoms with E-state index in [1.165, 1.54) is 10.9 Å². The van der Waals surface area contributed by atoms with Crippen molar-refractivity contribution in [1.29, 1.82) is 0 Å². The fourth-order valence-electron chi connectivity index (χ4n) is 1.31. The molecule has 7 nitrogen and oxygen atoms in total. The number of aromatic nitrogens is 5. The summed E-state index contributed by atoms with van der Waals surface area (Å²) in [6.45, 7) is 3.53. The van der Waals surface area contributed by atoms with Gasteiger partial charge in [0.25, 0.3) is 12.1 Å². The Bertz CT molecular complexity index is 554. The van der Waals surface area contributed by atoms with E-state index < -0.39 is 0 Å². The molecule has 0 aliphatic carbocycles. The standard InChI is InChI=1S/C8H11N6O/c1-5-3-7(9)14(11-5)8-10-6(2)4-13(15)12-8/h3-4H,9H2,1-2H3,(H,10,12,15)/q+1. The largest absolute Gasteiger partial charge is 0.383 e. The molecule has 0 fully saturated rings. The summed E-state index contributed by atoms with van der Waals surface area (Å²) in [4.78, 5) is 15.3. The van der Waals surface area contributed by atoms with Crippen LogP contribution in [0.3, 0.4) is 0 Å². The Balaban J connectivity index is 2.63. The third kappa shape index (κ3) is 1.71. The molecular formula is C8H11N6O+. The number of H-pyrrole nitrogens is 1. The van der Waals surface area contributed by atoms with E-state index in [0.717, 1.165) is 5.69 Å². The van der Waals surface area contributed by atoms with E-state index in [-0.39, 0.29) is 0 Å². The van der Waals surface area contributed by atoms with Gasteiger partial charge in [0, 0.05) is 6.07 Å². The van der Waals surface area contributed by atoms with E-state index in [4.69, 9.17) is 5.73 Å². The van der Waals surface area contributed by atoms with Crippen molar-refractivity contribution >= 4 is 5.82 Å². The molecule has 0 amide bonds. The second-order valence-electron chi connectivity index (χ2n) is 3.27. The zero-order valence-corrected chi connectivity index (χ0v) is 8.43. The number of hydrogen-bond donors (Lipinski definition) is 2. The minimum atomic E-state index is 0.301. The van der Waals surface area contributed by atoms with Gasteiger partial charge in [-0.3, -0.25) is 0 Å². The van der Waals surface area contributed by atoms with E-state index in [0.29, 0.717) is 22.0 Å². The molecule has 0 bridgehead atoms. The van der Waals surface area contributed by atoms with Gasteiger partial charge in [-0.1, -0.05) is 5.10 Å². The van der Waals surface area contributed by atoms with Gasteiger partial charge in [0.05, 0.1) is 10.6 Å². The molecule has 0 aliphatic heterocycles.